The van der Waals surface area contributed by atoms with Crippen LogP contribution in [0.3, 0.4) is 0 Å². The maximum atomic E-state index is 12.3. The molecule has 2 aromatic heterocycles. The minimum atomic E-state index is 0.192. The molecule has 0 aliphatic carbocycles. The molecule has 0 N–H and O–H groups in total. The number of likely N-dealkylation sites (tertiary alicyclic amines) is 1. The average Bonchev–Trinajstić information content (AvgIpc) is 2.86. The smallest absolute Gasteiger partial charge is 0.228 e. The molecule has 0 unspecified atom stereocenters. The Bertz CT molecular complexity index is 623. The van der Waals surface area contributed by atoms with E-state index in [1.54, 1.807) is 17.5 Å². The minimum Gasteiger partial charge on any atom is -0.339 e. The number of aromatic nitrogens is 2. The van der Waals surface area contributed by atoms with E-state index in [9.17, 15) is 4.79 Å². The molecule has 0 bridgehead atoms. The molecule has 4 nitrogen and oxygen atoms in total. The Morgan fingerprint density at radius 3 is 2.95 bits per heavy atom. The zero-order chi connectivity index (χ0) is 14.8. The van der Waals surface area contributed by atoms with E-state index in [-0.39, 0.29) is 5.91 Å². The molecule has 0 saturated carbocycles. The second-order valence-electron chi connectivity index (χ2n) is 5.72. The van der Waals surface area contributed by atoms with Gasteiger partial charge in [-0.3, -0.25) is 9.78 Å². The molecule has 1 aliphatic rings. The fourth-order valence-electron chi connectivity index (χ4n) is 2.66. The number of rotatable bonds is 4. The summed E-state index contributed by atoms with van der Waals surface area (Å²) in [5.41, 5.74) is 1.71. The summed E-state index contributed by atoms with van der Waals surface area (Å²) in [5, 5.41) is 2.84. The standard InChI is InChI=1S/C16H19N3OS/c1-11(2)14-6-8-19(14)15(20)9-12-10-21-16(18-12)13-5-3-4-7-17-13/h3-5,7,10-11,14H,6,8-9H2,1-2H3/t14-/m1/s1. The molecule has 1 saturated heterocycles. The minimum absolute atomic E-state index is 0.192. The summed E-state index contributed by atoms with van der Waals surface area (Å²) in [6.45, 7) is 5.23. The van der Waals surface area contributed by atoms with Crippen molar-refractivity contribution in [3.8, 4) is 10.7 Å². The Morgan fingerprint density at radius 2 is 2.33 bits per heavy atom. The van der Waals surface area contributed by atoms with Gasteiger partial charge in [0, 0.05) is 24.2 Å². The molecular weight excluding hydrogens is 282 g/mol. The summed E-state index contributed by atoms with van der Waals surface area (Å²) in [6, 6.07) is 6.18. The first-order valence-electron chi connectivity index (χ1n) is 7.30. The van der Waals surface area contributed by atoms with E-state index >= 15 is 0 Å². The van der Waals surface area contributed by atoms with Crippen molar-refractivity contribution in [3.63, 3.8) is 0 Å². The number of nitrogens with zero attached hydrogens (tertiary/aromatic N) is 3. The van der Waals surface area contributed by atoms with E-state index in [2.05, 4.69) is 23.8 Å². The van der Waals surface area contributed by atoms with Crippen LogP contribution >= 0.6 is 11.3 Å². The number of thiazole rings is 1. The van der Waals surface area contributed by atoms with Gasteiger partial charge in [-0.25, -0.2) is 4.98 Å². The highest BCUT2D eigenvalue weighted by Gasteiger charge is 2.34. The first kappa shape index (κ1) is 14.2. The lowest BCUT2D eigenvalue weighted by molar-refractivity contribution is -0.139. The van der Waals surface area contributed by atoms with Gasteiger partial charge in [0.05, 0.1) is 17.8 Å². The fourth-order valence-corrected chi connectivity index (χ4v) is 3.46. The second-order valence-corrected chi connectivity index (χ2v) is 6.58. The highest BCUT2D eigenvalue weighted by Crippen LogP contribution is 2.26. The lowest BCUT2D eigenvalue weighted by Gasteiger charge is -2.43. The Labute approximate surface area is 128 Å². The van der Waals surface area contributed by atoms with Gasteiger partial charge in [-0.2, -0.15) is 0 Å². The maximum Gasteiger partial charge on any atom is 0.228 e. The molecule has 5 heteroatoms. The molecule has 1 amide bonds. The van der Waals surface area contributed by atoms with Crippen LogP contribution in [0, 0.1) is 5.92 Å². The van der Waals surface area contributed by atoms with Crippen molar-refractivity contribution in [2.45, 2.75) is 32.7 Å². The monoisotopic (exact) mass is 301 g/mol. The van der Waals surface area contributed by atoms with Crippen LogP contribution in [-0.4, -0.2) is 33.4 Å². The van der Waals surface area contributed by atoms with Gasteiger partial charge >= 0.3 is 0 Å². The van der Waals surface area contributed by atoms with E-state index < -0.39 is 0 Å². The first-order chi connectivity index (χ1) is 10.1. The van der Waals surface area contributed by atoms with Crippen molar-refractivity contribution in [1.82, 2.24) is 14.9 Å². The molecule has 1 aliphatic heterocycles. The quantitative estimate of drug-likeness (QED) is 0.872. The van der Waals surface area contributed by atoms with Crippen LogP contribution in [0.25, 0.3) is 10.7 Å². The Balaban J connectivity index is 1.66. The predicted molar refractivity (Wildman–Crippen MR) is 84.0 cm³/mol. The van der Waals surface area contributed by atoms with Crippen molar-refractivity contribution in [3.05, 3.63) is 35.5 Å². The molecule has 1 atom stereocenters. The van der Waals surface area contributed by atoms with E-state index in [4.69, 9.17) is 0 Å². The zero-order valence-corrected chi connectivity index (χ0v) is 13.1. The van der Waals surface area contributed by atoms with Crippen LogP contribution in [0.2, 0.25) is 0 Å². The third kappa shape index (κ3) is 2.97. The third-order valence-electron chi connectivity index (χ3n) is 3.92. The molecule has 1 fully saturated rings. The van der Waals surface area contributed by atoms with Crippen LogP contribution in [0.4, 0.5) is 0 Å². The highest BCUT2D eigenvalue weighted by molar-refractivity contribution is 7.13. The number of hydrogen-bond acceptors (Lipinski definition) is 4. The highest BCUT2D eigenvalue weighted by atomic mass is 32.1. The van der Waals surface area contributed by atoms with Gasteiger partial charge in [0.1, 0.15) is 5.01 Å². The van der Waals surface area contributed by atoms with Crippen molar-refractivity contribution in [2.75, 3.05) is 6.54 Å². The molecule has 3 rings (SSSR count). The SMILES string of the molecule is CC(C)[C@H]1CCN1C(=O)Cc1csc(-c2ccccn2)n1. The summed E-state index contributed by atoms with van der Waals surface area (Å²) in [6.07, 6.45) is 3.28. The molecule has 2 aromatic rings. The number of amides is 1. The fraction of sp³-hybridized carbons (Fsp3) is 0.438. The largest absolute Gasteiger partial charge is 0.339 e. The number of carbonyl (C=O) groups excluding carboxylic acids is 1. The molecule has 0 spiro atoms. The summed E-state index contributed by atoms with van der Waals surface area (Å²) in [5.74, 6) is 0.722. The maximum absolute atomic E-state index is 12.3. The van der Waals surface area contributed by atoms with Gasteiger partial charge < -0.3 is 4.90 Å². The first-order valence-corrected chi connectivity index (χ1v) is 8.18. The van der Waals surface area contributed by atoms with Crippen LogP contribution in [0.1, 0.15) is 26.0 Å². The van der Waals surface area contributed by atoms with Gasteiger partial charge in [-0.15, -0.1) is 11.3 Å². The zero-order valence-electron chi connectivity index (χ0n) is 12.3. The topological polar surface area (TPSA) is 46.1 Å². The number of pyridine rings is 1. The third-order valence-corrected chi connectivity index (χ3v) is 4.84. The van der Waals surface area contributed by atoms with Gasteiger partial charge in [0.2, 0.25) is 5.91 Å². The van der Waals surface area contributed by atoms with Crippen LogP contribution in [0.5, 0.6) is 0 Å². The molecule has 110 valence electrons. The average molecular weight is 301 g/mol. The Kier molecular flexibility index (Phi) is 4.01. The summed E-state index contributed by atoms with van der Waals surface area (Å²) in [4.78, 5) is 23.2. The molecule has 21 heavy (non-hydrogen) atoms. The molecule has 0 aromatic carbocycles. The second kappa shape index (κ2) is 5.93. The summed E-state index contributed by atoms with van der Waals surface area (Å²) >= 11 is 1.54. The lowest BCUT2D eigenvalue weighted by atomic mass is 9.91. The van der Waals surface area contributed by atoms with Crippen molar-refractivity contribution in [1.29, 1.82) is 0 Å². The van der Waals surface area contributed by atoms with Gasteiger partial charge in [0.15, 0.2) is 0 Å². The van der Waals surface area contributed by atoms with Crippen LogP contribution in [0.15, 0.2) is 29.8 Å². The molecular formula is C16H19N3OS. The van der Waals surface area contributed by atoms with Gasteiger partial charge in [-0.05, 0) is 24.5 Å². The van der Waals surface area contributed by atoms with Crippen molar-refractivity contribution < 1.29 is 4.79 Å². The predicted octanol–water partition coefficient (Wildman–Crippen LogP) is 3.00. The van der Waals surface area contributed by atoms with Crippen LogP contribution < -0.4 is 0 Å². The summed E-state index contributed by atoms with van der Waals surface area (Å²) < 4.78 is 0. The van der Waals surface area contributed by atoms with E-state index in [0.717, 1.165) is 29.4 Å². The normalized spacial score (nSPS) is 17.9. The molecule has 3 heterocycles. The number of hydrogen-bond donors (Lipinski definition) is 0. The van der Waals surface area contributed by atoms with E-state index in [1.165, 1.54) is 0 Å². The van der Waals surface area contributed by atoms with Crippen molar-refractivity contribution in [2.24, 2.45) is 5.92 Å². The Hall–Kier alpha value is -1.75. The number of carbonyl (C=O) groups is 1. The molecule has 0 radical (unpaired) electrons. The van der Waals surface area contributed by atoms with E-state index in [0.29, 0.717) is 18.4 Å². The van der Waals surface area contributed by atoms with Crippen LogP contribution in [-0.2, 0) is 11.2 Å². The summed E-state index contributed by atoms with van der Waals surface area (Å²) in [7, 11) is 0. The van der Waals surface area contributed by atoms with E-state index in [1.807, 2.05) is 28.5 Å². The van der Waals surface area contributed by atoms with Gasteiger partial charge in [0.25, 0.3) is 0 Å². The Morgan fingerprint density at radius 1 is 1.48 bits per heavy atom. The van der Waals surface area contributed by atoms with Gasteiger partial charge in [-0.1, -0.05) is 19.9 Å². The lowest BCUT2D eigenvalue weighted by Crippen LogP contribution is -2.54. The van der Waals surface area contributed by atoms with Crippen molar-refractivity contribution >= 4 is 17.2 Å².